The van der Waals surface area contributed by atoms with E-state index in [9.17, 15) is 4.79 Å². The molecule has 0 amide bonds. The van der Waals surface area contributed by atoms with Crippen molar-refractivity contribution in [2.75, 3.05) is 18.3 Å². The maximum atomic E-state index is 10.8. The zero-order valence-electron chi connectivity index (χ0n) is 7.76. The van der Waals surface area contributed by atoms with Gasteiger partial charge in [0, 0.05) is 13.2 Å². The SMILES string of the molecule is CSc1ncc(C(=O)O)c(N(C)N)n1. The highest BCUT2D eigenvalue weighted by atomic mass is 32.2. The van der Waals surface area contributed by atoms with Gasteiger partial charge >= 0.3 is 5.97 Å². The largest absolute Gasteiger partial charge is 0.477 e. The van der Waals surface area contributed by atoms with E-state index >= 15 is 0 Å². The molecule has 7 heteroatoms. The molecule has 0 unspecified atom stereocenters. The fourth-order valence-electron chi connectivity index (χ4n) is 0.875. The summed E-state index contributed by atoms with van der Waals surface area (Å²) in [5, 5.41) is 10.5. The van der Waals surface area contributed by atoms with Gasteiger partial charge in [-0.2, -0.15) is 0 Å². The van der Waals surface area contributed by atoms with E-state index in [0.717, 1.165) is 5.01 Å². The van der Waals surface area contributed by atoms with Gasteiger partial charge in [0.2, 0.25) is 0 Å². The number of hydrogen-bond acceptors (Lipinski definition) is 6. The standard InChI is InChI=1S/C7H10N4O2S/c1-11(8)5-4(6(12)13)3-9-7(10-5)14-2/h3H,8H2,1-2H3,(H,12,13). The van der Waals surface area contributed by atoms with Crippen LogP contribution in [0.15, 0.2) is 11.4 Å². The fraction of sp³-hybridized carbons (Fsp3) is 0.286. The lowest BCUT2D eigenvalue weighted by atomic mass is 10.3. The van der Waals surface area contributed by atoms with Gasteiger partial charge in [0.1, 0.15) is 5.56 Å². The lowest BCUT2D eigenvalue weighted by molar-refractivity contribution is 0.0696. The smallest absolute Gasteiger partial charge is 0.341 e. The van der Waals surface area contributed by atoms with Crippen LogP contribution in [0.3, 0.4) is 0 Å². The van der Waals surface area contributed by atoms with Crippen molar-refractivity contribution in [3.05, 3.63) is 11.8 Å². The third-order valence-electron chi connectivity index (χ3n) is 1.49. The molecule has 76 valence electrons. The third kappa shape index (κ3) is 2.12. The monoisotopic (exact) mass is 214 g/mol. The first-order valence-corrected chi connectivity index (χ1v) is 4.91. The van der Waals surface area contributed by atoms with Crippen molar-refractivity contribution in [3.63, 3.8) is 0 Å². The lowest BCUT2D eigenvalue weighted by Gasteiger charge is -2.13. The lowest BCUT2D eigenvalue weighted by Crippen LogP contribution is -2.28. The number of hydrogen-bond donors (Lipinski definition) is 2. The Hall–Kier alpha value is -1.34. The Labute approximate surface area is 85.1 Å². The summed E-state index contributed by atoms with van der Waals surface area (Å²) in [6.07, 6.45) is 3.05. The summed E-state index contributed by atoms with van der Waals surface area (Å²) in [4.78, 5) is 18.6. The minimum atomic E-state index is -1.09. The van der Waals surface area contributed by atoms with E-state index in [2.05, 4.69) is 9.97 Å². The van der Waals surface area contributed by atoms with Gasteiger partial charge in [-0.25, -0.2) is 20.6 Å². The summed E-state index contributed by atoms with van der Waals surface area (Å²) in [6, 6.07) is 0. The summed E-state index contributed by atoms with van der Waals surface area (Å²) in [6.45, 7) is 0. The van der Waals surface area contributed by atoms with Crippen molar-refractivity contribution in [1.29, 1.82) is 0 Å². The van der Waals surface area contributed by atoms with Crippen LogP contribution in [0.25, 0.3) is 0 Å². The van der Waals surface area contributed by atoms with Gasteiger partial charge in [-0.15, -0.1) is 0 Å². The molecule has 0 saturated carbocycles. The zero-order valence-corrected chi connectivity index (χ0v) is 8.58. The molecule has 0 spiro atoms. The van der Waals surface area contributed by atoms with Gasteiger partial charge in [-0.1, -0.05) is 11.8 Å². The van der Waals surface area contributed by atoms with Gasteiger partial charge in [-0.3, -0.25) is 5.01 Å². The number of nitrogens with zero attached hydrogens (tertiary/aromatic N) is 3. The maximum absolute atomic E-state index is 10.8. The normalized spacial score (nSPS) is 9.93. The van der Waals surface area contributed by atoms with Crippen molar-refractivity contribution >= 4 is 23.5 Å². The number of hydrazine groups is 1. The van der Waals surface area contributed by atoms with E-state index in [0.29, 0.717) is 5.16 Å². The third-order valence-corrected chi connectivity index (χ3v) is 2.06. The molecule has 0 radical (unpaired) electrons. The molecule has 0 fully saturated rings. The van der Waals surface area contributed by atoms with Crippen molar-refractivity contribution in [2.24, 2.45) is 5.84 Å². The Bertz CT molecular complexity index is 356. The van der Waals surface area contributed by atoms with Crippen LogP contribution in [0.4, 0.5) is 5.82 Å². The van der Waals surface area contributed by atoms with E-state index in [1.54, 1.807) is 6.26 Å². The Balaban J connectivity index is 3.24. The van der Waals surface area contributed by atoms with E-state index in [4.69, 9.17) is 10.9 Å². The second-order valence-electron chi connectivity index (χ2n) is 2.51. The van der Waals surface area contributed by atoms with Gasteiger partial charge in [0.15, 0.2) is 11.0 Å². The van der Waals surface area contributed by atoms with Crippen LogP contribution in [0.2, 0.25) is 0 Å². The number of carboxylic acid groups (broad SMARTS) is 1. The molecule has 0 bridgehead atoms. The van der Waals surface area contributed by atoms with Crippen molar-refractivity contribution in [2.45, 2.75) is 5.16 Å². The Morgan fingerprint density at radius 3 is 2.79 bits per heavy atom. The summed E-state index contributed by atoms with van der Waals surface area (Å²) >= 11 is 1.32. The van der Waals surface area contributed by atoms with Crippen LogP contribution in [0, 0.1) is 0 Å². The Morgan fingerprint density at radius 2 is 2.36 bits per heavy atom. The predicted molar refractivity (Wildman–Crippen MR) is 53.4 cm³/mol. The van der Waals surface area contributed by atoms with Crippen LogP contribution in [0.1, 0.15) is 10.4 Å². The fourth-order valence-corrected chi connectivity index (χ4v) is 1.21. The van der Waals surface area contributed by atoms with Crippen LogP contribution >= 0.6 is 11.8 Å². The first kappa shape index (κ1) is 10.7. The molecule has 0 saturated heterocycles. The molecule has 1 rings (SSSR count). The number of carboxylic acids is 1. The molecular formula is C7H10N4O2S. The molecule has 1 aromatic heterocycles. The highest BCUT2D eigenvalue weighted by molar-refractivity contribution is 7.98. The number of nitrogens with two attached hydrogens (primary N) is 1. The molecule has 1 aromatic rings. The molecule has 0 aromatic carbocycles. The summed E-state index contributed by atoms with van der Waals surface area (Å²) in [7, 11) is 1.53. The van der Waals surface area contributed by atoms with Crippen LogP contribution in [-0.2, 0) is 0 Å². The number of aromatic carboxylic acids is 1. The molecule has 0 aliphatic rings. The van der Waals surface area contributed by atoms with Crippen LogP contribution in [0.5, 0.6) is 0 Å². The first-order chi connectivity index (χ1) is 6.56. The highest BCUT2D eigenvalue weighted by Gasteiger charge is 2.14. The quantitative estimate of drug-likeness (QED) is 0.321. The van der Waals surface area contributed by atoms with Crippen molar-refractivity contribution in [1.82, 2.24) is 9.97 Å². The van der Waals surface area contributed by atoms with Crippen molar-refractivity contribution in [3.8, 4) is 0 Å². The predicted octanol–water partition coefficient (Wildman–Crippen LogP) is 0.207. The minimum Gasteiger partial charge on any atom is -0.477 e. The average molecular weight is 214 g/mol. The molecule has 3 N–H and O–H groups in total. The van der Waals surface area contributed by atoms with Crippen LogP contribution in [-0.4, -0.2) is 34.3 Å². The average Bonchev–Trinajstić information content (AvgIpc) is 2.16. The minimum absolute atomic E-state index is 0.00667. The first-order valence-electron chi connectivity index (χ1n) is 3.69. The second-order valence-corrected chi connectivity index (χ2v) is 3.28. The number of rotatable bonds is 3. The molecular weight excluding hydrogens is 204 g/mol. The molecule has 1 heterocycles. The van der Waals surface area contributed by atoms with Crippen molar-refractivity contribution < 1.29 is 9.90 Å². The van der Waals surface area contributed by atoms with E-state index in [-0.39, 0.29) is 11.4 Å². The molecule has 14 heavy (non-hydrogen) atoms. The molecule has 0 aliphatic carbocycles. The number of aromatic nitrogens is 2. The number of carbonyl (C=O) groups is 1. The number of anilines is 1. The van der Waals surface area contributed by atoms with Crippen LogP contribution < -0.4 is 10.9 Å². The van der Waals surface area contributed by atoms with E-state index in [1.165, 1.54) is 25.0 Å². The summed E-state index contributed by atoms with van der Waals surface area (Å²) in [5.74, 6) is 4.56. The Morgan fingerprint density at radius 1 is 1.71 bits per heavy atom. The zero-order chi connectivity index (χ0) is 10.7. The second kappa shape index (κ2) is 4.25. The van der Waals surface area contributed by atoms with Gasteiger partial charge in [0.05, 0.1) is 0 Å². The van der Waals surface area contributed by atoms with Gasteiger partial charge in [-0.05, 0) is 6.26 Å². The van der Waals surface area contributed by atoms with E-state index in [1.807, 2.05) is 0 Å². The topological polar surface area (TPSA) is 92.3 Å². The maximum Gasteiger partial charge on any atom is 0.341 e. The Kier molecular flexibility index (Phi) is 3.26. The van der Waals surface area contributed by atoms with Gasteiger partial charge < -0.3 is 5.11 Å². The summed E-state index contributed by atoms with van der Waals surface area (Å²) in [5.41, 5.74) is -0.00667. The van der Waals surface area contributed by atoms with E-state index < -0.39 is 5.97 Å². The molecule has 0 atom stereocenters. The highest BCUT2D eigenvalue weighted by Crippen LogP contribution is 2.17. The number of thioether (sulfide) groups is 1. The summed E-state index contributed by atoms with van der Waals surface area (Å²) < 4.78 is 0. The molecule has 6 nitrogen and oxygen atoms in total. The van der Waals surface area contributed by atoms with Gasteiger partial charge in [0.25, 0.3) is 0 Å². The molecule has 0 aliphatic heterocycles.